The van der Waals surface area contributed by atoms with Crippen LogP contribution in [0.2, 0.25) is 0 Å². The molecule has 0 radical (unpaired) electrons. The molecule has 170 valence electrons. The van der Waals surface area contributed by atoms with E-state index in [0.29, 0.717) is 23.3 Å². The summed E-state index contributed by atoms with van der Waals surface area (Å²) in [4.78, 5) is 22.2. The second-order valence-electron chi connectivity index (χ2n) is 7.88. The largest absolute Gasteiger partial charge is 0.289 e. The fourth-order valence-electron chi connectivity index (χ4n) is 3.94. The van der Waals surface area contributed by atoms with Crippen molar-refractivity contribution in [2.45, 2.75) is 26.9 Å². The minimum Gasteiger partial charge on any atom is -0.289 e. The summed E-state index contributed by atoms with van der Waals surface area (Å²) in [6.45, 7) is 5.09. The number of pyridine rings is 1. The van der Waals surface area contributed by atoms with Crippen LogP contribution in [-0.2, 0) is 13.1 Å². The number of hydrogen-bond donors (Lipinski definition) is 1. The molecule has 5 aromatic rings. The van der Waals surface area contributed by atoms with Gasteiger partial charge in [-0.2, -0.15) is 5.10 Å². The molecule has 3 aromatic heterocycles. The first-order chi connectivity index (χ1) is 16.5. The normalized spacial score (nSPS) is 11.1. The van der Waals surface area contributed by atoms with Gasteiger partial charge in [-0.1, -0.05) is 30.3 Å². The van der Waals surface area contributed by atoms with Crippen LogP contribution in [0.3, 0.4) is 0 Å². The lowest BCUT2D eigenvalue weighted by molar-refractivity contribution is 0.102. The molecule has 3 heterocycles. The lowest BCUT2D eigenvalue weighted by atomic mass is 10.0. The molecule has 1 amide bonds. The van der Waals surface area contributed by atoms with Crippen molar-refractivity contribution in [3.8, 4) is 11.3 Å². The fraction of sp³-hybridized carbons (Fsp3) is 0.160. The molecule has 8 nitrogen and oxygen atoms in total. The second-order valence-corrected chi connectivity index (χ2v) is 7.88. The van der Waals surface area contributed by atoms with E-state index in [1.165, 1.54) is 18.5 Å². The van der Waals surface area contributed by atoms with Crippen LogP contribution < -0.4 is 5.32 Å². The van der Waals surface area contributed by atoms with E-state index in [2.05, 4.69) is 20.5 Å². The van der Waals surface area contributed by atoms with Gasteiger partial charge in [0.15, 0.2) is 0 Å². The summed E-state index contributed by atoms with van der Waals surface area (Å²) in [5.41, 5.74) is 4.44. The molecule has 0 aliphatic heterocycles. The van der Waals surface area contributed by atoms with E-state index < -0.39 is 0 Å². The van der Waals surface area contributed by atoms with Crippen LogP contribution in [0, 0.1) is 12.7 Å². The number of para-hydroxylation sites is 1. The van der Waals surface area contributed by atoms with Gasteiger partial charge in [0.05, 0.1) is 29.5 Å². The highest BCUT2D eigenvalue weighted by atomic mass is 19.1. The van der Waals surface area contributed by atoms with E-state index in [-0.39, 0.29) is 17.7 Å². The highest BCUT2D eigenvalue weighted by Gasteiger charge is 2.18. The van der Waals surface area contributed by atoms with Gasteiger partial charge >= 0.3 is 0 Å². The first-order valence-electron chi connectivity index (χ1n) is 10.9. The maximum Gasteiger partial charge on any atom is 0.258 e. The Balaban J connectivity index is 1.45. The van der Waals surface area contributed by atoms with Crippen LogP contribution in [-0.4, -0.2) is 35.4 Å². The maximum atomic E-state index is 13.5. The van der Waals surface area contributed by atoms with E-state index in [0.717, 1.165) is 28.8 Å². The van der Waals surface area contributed by atoms with E-state index >= 15 is 0 Å². The average Bonchev–Trinajstić information content (AvgIpc) is 3.43. The zero-order chi connectivity index (χ0) is 23.7. The second kappa shape index (κ2) is 8.86. The van der Waals surface area contributed by atoms with Crippen molar-refractivity contribution in [2.24, 2.45) is 0 Å². The minimum atomic E-state index is -0.344. The van der Waals surface area contributed by atoms with Gasteiger partial charge in [-0.3, -0.25) is 14.8 Å². The monoisotopic (exact) mass is 455 g/mol. The number of amides is 1. The van der Waals surface area contributed by atoms with E-state index in [4.69, 9.17) is 4.98 Å². The molecule has 0 fully saturated rings. The molecule has 0 saturated carbocycles. The summed E-state index contributed by atoms with van der Waals surface area (Å²) in [6, 6.07) is 15.5. The van der Waals surface area contributed by atoms with Crippen molar-refractivity contribution < 1.29 is 9.18 Å². The molecule has 0 spiro atoms. The highest BCUT2D eigenvalue weighted by Crippen LogP contribution is 2.27. The minimum absolute atomic E-state index is 0.166. The number of anilines is 1. The van der Waals surface area contributed by atoms with Crippen molar-refractivity contribution in [3.05, 3.63) is 89.8 Å². The van der Waals surface area contributed by atoms with Crippen LogP contribution in [0.15, 0.2) is 67.1 Å². The topological polar surface area (TPSA) is 90.5 Å². The molecule has 1 N–H and O–H groups in total. The number of aromatic nitrogens is 6. The Kier molecular flexibility index (Phi) is 5.59. The van der Waals surface area contributed by atoms with Crippen LogP contribution >= 0.6 is 0 Å². The summed E-state index contributed by atoms with van der Waals surface area (Å²) in [7, 11) is 0. The van der Waals surface area contributed by atoms with Crippen molar-refractivity contribution >= 4 is 22.8 Å². The zero-order valence-corrected chi connectivity index (χ0v) is 18.7. The van der Waals surface area contributed by atoms with Gasteiger partial charge in [0.25, 0.3) is 5.91 Å². The van der Waals surface area contributed by atoms with Crippen LogP contribution in [0.25, 0.3) is 22.2 Å². The summed E-state index contributed by atoms with van der Waals surface area (Å²) in [6.07, 6.45) is 3.27. The van der Waals surface area contributed by atoms with Gasteiger partial charge in [0.2, 0.25) is 5.95 Å². The van der Waals surface area contributed by atoms with Crippen molar-refractivity contribution in [3.63, 3.8) is 0 Å². The first kappa shape index (κ1) is 21.4. The molecular weight excluding hydrogens is 433 g/mol. The van der Waals surface area contributed by atoms with Crippen molar-refractivity contribution in [1.82, 2.24) is 29.5 Å². The molecule has 0 saturated heterocycles. The Bertz CT molecular complexity index is 1500. The average molecular weight is 455 g/mol. The summed E-state index contributed by atoms with van der Waals surface area (Å²) in [5, 5.41) is 12.2. The quantitative estimate of drug-likeness (QED) is 0.408. The molecular formula is C25H22FN7O. The van der Waals surface area contributed by atoms with Gasteiger partial charge < -0.3 is 0 Å². The van der Waals surface area contributed by atoms with Crippen LogP contribution in [0.1, 0.15) is 28.5 Å². The number of carbonyl (C=O) groups is 1. The highest BCUT2D eigenvalue weighted by molar-refractivity contribution is 6.12. The number of carbonyl (C=O) groups excluding carboxylic acids is 1. The maximum absolute atomic E-state index is 13.5. The third kappa shape index (κ3) is 4.15. The van der Waals surface area contributed by atoms with Gasteiger partial charge in [0.1, 0.15) is 12.1 Å². The number of halogens is 1. The Labute approximate surface area is 195 Å². The molecule has 0 aliphatic carbocycles. The van der Waals surface area contributed by atoms with Crippen molar-refractivity contribution in [2.75, 3.05) is 5.32 Å². The molecule has 2 aromatic carbocycles. The lowest BCUT2D eigenvalue weighted by Gasteiger charge is -2.09. The van der Waals surface area contributed by atoms with Crippen molar-refractivity contribution in [1.29, 1.82) is 0 Å². The predicted molar refractivity (Wildman–Crippen MR) is 127 cm³/mol. The van der Waals surface area contributed by atoms with E-state index in [1.54, 1.807) is 29.1 Å². The molecule has 0 aliphatic rings. The lowest BCUT2D eigenvalue weighted by Crippen LogP contribution is -2.14. The zero-order valence-electron chi connectivity index (χ0n) is 18.7. The smallest absolute Gasteiger partial charge is 0.258 e. The summed E-state index contributed by atoms with van der Waals surface area (Å²) < 4.78 is 16.9. The number of benzene rings is 2. The Hall–Kier alpha value is -4.40. The SMILES string of the molecule is CCn1ncc(-c2cc(C(=O)Nc3ncn(Cc4cccc(F)c4)n3)c3ccccc3n2)c1C. The predicted octanol–water partition coefficient (Wildman–Crippen LogP) is 4.46. The number of aryl methyl sites for hydroxylation is 1. The number of nitrogens with zero attached hydrogens (tertiary/aromatic N) is 6. The number of nitrogens with one attached hydrogen (secondary N) is 1. The Morgan fingerprint density at radius 1 is 1.12 bits per heavy atom. The standard InChI is InChI=1S/C25H22FN7O/c1-3-33-16(2)21(13-28-33)23-12-20(19-9-4-5-10-22(19)29-23)24(34)30-25-27-15-32(31-25)14-17-7-6-8-18(26)11-17/h4-13,15H,3,14H2,1-2H3,(H,30,31,34). The third-order valence-electron chi connectivity index (χ3n) is 5.63. The molecule has 5 rings (SSSR count). The number of rotatable bonds is 6. The Morgan fingerprint density at radius 2 is 1.97 bits per heavy atom. The molecule has 0 bridgehead atoms. The third-order valence-corrected chi connectivity index (χ3v) is 5.63. The van der Waals surface area contributed by atoms with Gasteiger partial charge in [0, 0.05) is 23.2 Å². The van der Waals surface area contributed by atoms with Gasteiger partial charge in [-0.15, -0.1) is 5.10 Å². The van der Waals surface area contributed by atoms with Crippen LogP contribution in [0.4, 0.5) is 10.3 Å². The number of hydrogen-bond acceptors (Lipinski definition) is 5. The molecule has 9 heteroatoms. The summed E-state index contributed by atoms with van der Waals surface area (Å²) in [5.74, 6) is -0.492. The first-order valence-corrected chi connectivity index (χ1v) is 10.9. The molecule has 34 heavy (non-hydrogen) atoms. The van der Waals surface area contributed by atoms with Gasteiger partial charge in [-0.05, 0) is 43.7 Å². The van der Waals surface area contributed by atoms with E-state index in [9.17, 15) is 9.18 Å². The Morgan fingerprint density at radius 3 is 2.76 bits per heavy atom. The molecule has 0 atom stereocenters. The fourth-order valence-corrected chi connectivity index (χ4v) is 3.94. The number of fused-ring (bicyclic) bond motifs is 1. The molecule has 0 unspecified atom stereocenters. The summed E-state index contributed by atoms with van der Waals surface area (Å²) >= 11 is 0. The van der Waals surface area contributed by atoms with E-state index in [1.807, 2.05) is 42.8 Å². The van der Waals surface area contributed by atoms with Gasteiger partial charge in [-0.25, -0.2) is 19.0 Å². The van der Waals surface area contributed by atoms with Crippen LogP contribution in [0.5, 0.6) is 0 Å².